The van der Waals surface area contributed by atoms with Gasteiger partial charge in [0.1, 0.15) is 6.07 Å². The quantitative estimate of drug-likeness (QED) is 0.409. The molecule has 0 saturated heterocycles. The first kappa shape index (κ1) is 17.7. The molecule has 5 nitrogen and oxygen atoms in total. The molecule has 0 atom stereocenters. The van der Waals surface area contributed by atoms with Crippen LogP contribution in [-0.4, -0.2) is 22.6 Å². The molecule has 0 amide bonds. The van der Waals surface area contributed by atoms with Gasteiger partial charge in [-0.25, -0.2) is 4.98 Å². The summed E-state index contributed by atoms with van der Waals surface area (Å²) in [6, 6.07) is 12.2. The number of imidazole rings is 1. The molecule has 24 heavy (non-hydrogen) atoms. The molecule has 1 aromatic carbocycles. The summed E-state index contributed by atoms with van der Waals surface area (Å²) in [5.74, 6) is 1.06. The number of nitriles is 1. The van der Waals surface area contributed by atoms with Gasteiger partial charge in [0.2, 0.25) is 0 Å². The van der Waals surface area contributed by atoms with Gasteiger partial charge in [-0.1, -0.05) is 56.5 Å². The summed E-state index contributed by atoms with van der Waals surface area (Å²) in [5, 5.41) is 9.48. The number of aliphatic imine (C=N–C) groups is 1. The lowest BCUT2D eigenvalue weighted by atomic mass is 10.1. The normalized spacial score (nSPS) is 11.3. The maximum Gasteiger partial charge on any atom is 0.192 e. The number of aromatic nitrogens is 2. The third kappa shape index (κ3) is 4.95. The summed E-state index contributed by atoms with van der Waals surface area (Å²) in [5.41, 5.74) is 1.58. The lowest BCUT2D eigenvalue weighted by molar-refractivity contribution is 0.387. The van der Waals surface area contributed by atoms with Gasteiger partial charge in [0.25, 0.3) is 0 Å². The molecule has 2 aromatic rings. The Balaban J connectivity index is 2.12. The minimum absolute atomic E-state index is 0.431. The number of hydrogen-bond donors (Lipinski definition) is 0. The van der Waals surface area contributed by atoms with Crippen LogP contribution in [0.25, 0.3) is 0 Å². The molecular formula is C19H24N4O. The minimum atomic E-state index is 0.431. The van der Waals surface area contributed by atoms with Crippen molar-refractivity contribution in [2.24, 2.45) is 4.99 Å². The van der Waals surface area contributed by atoms with Crippen molar-refractivity contribution in [3.8, 4) is 6.07 Å². The van der Waals surface area contributed by atoms with Crippen LogP contribution in [0.2, 0.25) is 0 Å². The van der Waals surface area contributed by atoms with Crippen molar-refractivity contribution in [2.75, 3.05) is 7.11 Å². The molecule has 0 fully saturated rings. The van der Waals surface area contributed by atoms with Crippen LogP contribution in [-0.2, 0) is 11.3 Å². The monoisotopic (exact) mass is 324 g/mol. The highest BCUT2D eigenvalue weighted by atomic mass is 16.5. The van der Waals surface area contributed by atoms with Crippen LogP contribution in [0.15, 0.2) is 41.7 Å². The van der Waals surface area contributed by atoms with Gasteiger partial charge in [0.15, 0.2) is 17.4 Å². The van der Waals surface area contributed by atoms with Crippen molar-refractivity contribution < 1.29 is 4.74 Å². The molecule has 0 unspecified atom stereocenters. The molecule has 0 bridgehead atoms. The number of benzene rings is 1. The molecule has 0 N–H and O–H groups in total. The van der Waals surface area contributed by atoms with Gasteiger partial charge in [0.05, 0.1) is 13.4 Å². The van der Waals surface area contributed by atoms with E-state index in [1.165, 1.54) is 12.8 Å². The van der Waals surface area contributed by atoms with Crippen molar-refractivity contribution in [1.29, 1.82) is 5.26 Å². The Morgan fingerprint density at radius 3 is 2.71 bits per heavy atom. The van der Waals surface area contributed by atoms with Gasteiger partial charge >= 0.3 is 0 Å². The Kier molecular flexibility index (Phi) is 7.03. The first-order valence-corrected chi connectivity index (χ1v) is 8.39. The van der Waals surface area contributed by atoms with Crippen LogP contribution in [0.1, 0.15) is 50.3 Å². The molecule has 1 heterocycles. The number of methoxy groups -OCH3 is 1. The molecule has 0 spiro atoms. The second kappa shape index (κ2) is 9.51. The Morgan fingerprint density at radius 1 is 1.25 bits per heavy atom. The van der Waals surface area contributed by atoms with E-state index in [1.807, 2.05) is 34.9 Å². The van der Waals surface area contributed by atoms with Crippen LogP contribution >= 0.6 is 0 Å². The van der Waals surface area contributed by atoms with Crippen molar-refractivity contribution in [2.45, 2.75) is 45.6 Å². The molecule has 0 aliphatic heterocycles. The highest BCUT2D eigenvalue weighted by Gasteiger charge is 2.12. The van der Waals surface area contributed by atoms with Gasteiger partial charge in [-0.05, 0) is 12.0 Å². The van der Waals surface area contributed by atoms with E-state index in [0.29, 0.717) is 24.0 Å². The van der Waals surface area contributed by atoms with Crippen LogP contribution in [0.4, 0.5) is 5.82 Å². The second-order valence-electron chi connectivity index (χ2n) is 5.66. The largest absolute Gasteiger partial charge is 0.484 e. The molecule has 0 aliphatic carbocycles. The molecule has 0 aliphatic rings. The number of rotatable bonds is 8. The van der Waals surface area contributed by atoms with Crippen LogP contribution in [0.5, 0.6) is 0 Å². The van der Waals surface area contributed by atoms with Crippen molar-refractivity contribution >= 4 is 11.7 Å². The van der Waals surface area contributed by atoms with E-state index in [9.17, 15) is 5.26 Å². The predicted molar refractivity (Wildman–Crippen MR) is 95.3 cm³/mol. The third-order valence-corrected chi connectivity index (χ3v) is 3.83. The highest BCUT2D eigenvalue weighted by Crippen LogP contribution is 2.19. The molecular weight excluding hydrogens is 300 g/mol. The van der Waals surface area contributed by atoms with E-state index in [1.54, 1.807) is 13.4 Å². The summed E-state index contributed by atoms with van der Waals surface area (Å²) >= 11 is 0. The van der Waals surface area contributed by atoms with Gasteiger partial charge < -0.3 is 9.30 Å². The lowest BCUT2D eigenvalue weighted by Crippen LogP contribution is -2.02. The van der Waals surface area contributed by atoms with E-state index in [4.69, 9.17) is 4.74 Å². The van der Waals surface area contributed by atoms with Crippen LogP contribution in [0, 0.1) is 11.3 Å². The molecule has 126 valence electrons. The van der Waals surface area contributed by atoms with Crippen molar-refractivity contribution in [3.05, 3.63) is 47.9 Å². The second-order valence-corrected chi connectivity index (χ2v) is 5.66. The fourth-order valence-corrected chi connectivity index (χ4v) is 2.49. The van der Waals surface area contributed by atoms with Gasteiger partial charge in [-0.2, -0.15) is 10.3 Å². The average molecular weight is 324 g/mol. The fraction of sp³-hybridized carbons (Fsp3) is 0.421. The summed E-state index contributed by atoms with van der Waals surface area (Å²) < 4.78 is 7.17. The highest BCUT2D eigenvalue weighted by molar-refractivity contribution is 5.79. The molecule has 5 heteroatoms. The van der Waals surface area contributed by atoms with E-state index in [-0.39, 0.29) is 0 Å². The zero-order valence-corrected chi connectivity index (χ0v) is 14.4. The summed E-state index contributed by atoms with van der Waals surface area (Å²) in [4.78, 5) is 8.74. The Bertz CT molecular complexity index is 698. The molecule has 2 rings (SSSR count). The van der Waals surface area contributed by atoms with Crippen LogP contribution < -0.4 is 0 Å². The predicted octanol–water partition coefficient (Wildman–Crippen LogP) is 4.45. The zero-order valence-electron chi connectivity index (χ0n) is 14.4. The van der Waals surface area contributed by atoms with E-state index in [0.717, 1.165) is 24.8 Å². The third-order valence-electron chi connectivity index (χ3n) is 3.83. The first-order valence-electron chi connectivity index (χ1n) is 8.39. The summed E-state index contributed by atoms with van der Waals surface area (Å²) in [7, 11) is 1.62. The lowest BCUT2D eigenvalue weighted by Gasteiger charge is -2.05. The topological polar surface area (TPSA) is 63.2 Å². The van der Waals surface area contributed by atoms with Crippen molar-refractivity contribution in [1.82, 2.24) is 9.55 Å². The molecule has 0 radical (unpaired) electrons. The summed E-state index contributed by atoms with van der Waals surface area (Å²) in [6.45, 7) is 2.79. The Hall–Kier alpha value is -2.61. The van der Waals surface area contributed by atoms with Gasteiger partial charge in [0, 0.05) is 13.0 Å². The average Bonchev–Trinajstić information content (AvgIpc) is 2.99. The number of ether oxygens (including phenoxy) is 1. The van der Waals surface area contributed by atoms with E-state index in [2.05, 4.69) is 23.0 Å². The zero-order chi connectivity index (χ0) is 17.2. The maximum absolute atomic E-state index is 9.48. The number of nitrogens with zero attached hydrogens (tertiary/aromatic N) is 4. The Labute approximate surface area is 143 Å². The van der Waals surface area contributed by atoms with E-state index < -0.39 is 0 Å². The van der Waals surface area contributed by atoms with E-state index >= 15 is 0 Å². The SMILES string of the molecule is CCCCCCC(=Nc1ncn(Cc2ccccc2)c1C#N)OC. The standard InChI is InChI=1S/C19H24N4O/c1-3-4-5-9-12-18(24-2)22-19-17(13-20)23(15-21-19)14-16-10-7-6-8-11-16/h6-8,10-11,15H,3-5,9,12,14H2,1-2H3. The van der Waals surface area contributed by atoms with Gasteiger partial charge in [-0.3, -0.25) is 0 Å². The molecule has 1 aromatic heterocycles. The Morgan fingerprint density at radius 2 is 2.04 bits per heavy atom. The van der Waals surface area contributed by atoms with Crippen molar-refractivity contribution in [3.63, 3.8) is 0 Å². The fourth-order valence-electron chi connectivity index (χ4n) is 2.49. The summed E-state index contributed by atoms with van der Waals surface area (Å²) in [6.07, 6.45) is 7.04. The number of unbranched alkanes of at least 4 members (excludes halogenated alkanes) is 3. The van der Waals surface area contributed by atoms with Crippen LogP contribution in [0.3, 0.4) is 0 Å². The smallest absolute Gasteiger partial charge is 0.192 e. The maximum atomic E-state index is 9.48. The minimum Gasteiger partial charge on any atom is -0.484 e. The molecule has 0 saturated carbocycles. The number of hydrogen-bond acceptors (Lipinski definition) is 4. The van der Waals surface area contributed by atoms with Gasteiger partial charge in [-0.15, -0.1) is 0 Å². The first-order chi connectivity index (χ1) is 11.8.